The molecule has 3 heterocycles. The van der Waals surface area contributed by atoms with E-state index in [2.05, 4.69) is 15.2 Å². The number of anilines is 1. The maximum atomic E-state index is 13.8. The van der Waals surface area contributed by atoms with E-state index >= 15 is 0 Å². The van der Waals surface area contributed by atoms with Crippen molar-refractivity contribution in [1.82, 2.24) is 15.2 Å². The lowest BCUT2D eigenvalue weighted by Crippen LogP contribution is -2.33. The molecule has 0 radical (unpaired) electrons. The Labute approximate surface area is 176 Å². The van der Waals surface area contributed by atoms with Crippen LogP contribution in [-0.2, 0) is 0 Å². The first kappa shape index (κ1) is 21.3. The van der Waals surface area contributed by atoms with Crippen molar-refractivity contribution in [2.24, 2.45) is 0 Å². The van der Waals surface area contributed by atoms with Gasteiger partial charge in [-0.15, -0.1) is 12.4 Å². The van der Waals surface area contributed by atoms with Gasteiger partial charge >= 0.3 is 0 Å². The van der Waals surface area contributed by atoms with Gasteiger partial charge in [-0.05, 0) is 37.2 Å². The topological polar surface area (TPSA) is 57.7 Å². The molecule has 0 bridgehead atoms. The number of para-hydroxylation sites is 1. The molecule has 1 aromatic carbocycles. The average molecular weight is 421 g/mol. The molecule has 0 spiro atoms. The number of carbonyl (C=O) groups is 1. The summed E-state index contributed by atoms with van der Waals surface area (Å²) < 4.78 is 19.5. The SMILES string of the molecule is Cl.O=C(c1cccc(N2CCCNCC2)n1)N1CC[C@H](Oc2ccccc2F)C1. The number of amides is 1. The fourth-order valence-electron chi connectivity index (χ4n) is 3.68. The van der Waals surface area contributed by atoms with Crippen molar-refractivity contribution < 1.29 is 13.9 Å². The van der Waals surface area contributed by atoms with E-state index in [1.165, 1.54) is 6.07 Å². The highest BCUT2D eigenvalue weighted by atomic mass is 35.5. The van der Waals surface area contributed by atoms with Gasteiger partial charge in [-0.25, -0.2) is 9.37 Å². The van der Waals surface area contributed by atoms with Gasteiger partial charge in [0.25, 0.3) is 5.91 Å². The highest BCUT2D eigenvalue weighted by Gasteiger charge is 2.29. The van der Waals surface area contributed by atoms with Gasteiger partial charge in [0.15, 0.2) is 11.6 Å². The van der Waals surface area contributed by atoms with Gasteiger partial charge in [0.1, 0.15) is 17.6 Å². The predicted molar refractivity (Wildman–Crippen MR) is 113 cm³/mol. The Morgan fingerprint density at radius 1 is 1.10 bits per heavy atom. The van der Waals surface area contributed by atoms with Gasteiger partial charge in [-0.2, -0.15) is 0 Å². The molecule has 6 nitrogen and oxygen atoms in total. The minimum Gasteiger partial charge on any atom is -0.485 e. The van der Waals surface area contributed by atoms with Crippen molar-refractivity contribution in [1.29, 1.82) is 0 Å². The summed E-state index contributed by atoms with van der Waals surface area (Å²) in [7, 11) is 0. The van der Waals surface area contributed by atoms with Crippen LogP contribution in [0.3, 0.4) is 0 Å². The third kappa shape index (κ3) is 5.16. The molecule has 1 amide bonds. The van der Waals surface area contributed by atoms with Crippen LogP contribution in [0.2, 0.25) is 0 Å². The van der Waals surface area contributed by atoms with Gasteiger partial charge in [0, 0.05) is 32.6 Å². The van der Waals surface area contributed by atoms with E-state index in [4.69, 9.17) is 4.74 Å². The minimum atomic E-state index is -0.381. The zero-order valence-electron chi connectivity index (χ0n) is 16.2. The van der Waals surface area contributed by atoms with Crippen LogP contribution in [0, 0.1) is 5.82 Å². The molecule has 2 aliphatic rings. The molecule has 1 atom stereocenters. The maximum Gasteiger partial charge on any atom is 0.272 e. The molecule has 2 saturated heterocycles. The molecule has 2 aromatic rings. The van der Waals surface area contributed by atoms with E-state index < -0.39 is 0 Å². The van der Waals surface area contributed by atoms with Crippen LogP contribution in [-0.4, -0.2) is 61.2 Å². The number of nitrogens with zero attached hydrogens (tertiary/aromatic N) is 3. The van der Waals surface area contributed by atoms with Gasteiger partial charge in [-0.1, -0.05) is 18.2 Å². The second-order valence-electron chi connectivity index (χ2n) is 7.18. The van der Waals surface area contributed by atoms with Crippen molar-refractivity contribution in [2.75, 3.05) is 44.2 Å². The quantitative estimate of drug-likeness (QED) is 0.824. The molecule has 1 N–H and O–H groups in total. The summed E-state index contributed by atoms with van der Waals surface area (Å²) in [4.78, 5) is 21.5. The third-order valence-corrected chi connectivity index (χ3v) is 5.18. The third-order valence-electron chi connectivity index (χ3n) is 5.18. The highest BCUT2D eigenvalue weighted by molar-refractivity contribution is 5.93. The number of aromatic nitrogens is 1. The Hall–Kier alpha value is -2.38. The molecule has 0 unspecified atom stereocenters. The Morgan fingerprint density at radius 3 is 2.83 bits per heavy atom. The lowest BCUT2D eigenvalue weighted by molar-refractivity contribution is 0.0766. The molecule has 156 valence electrons. The lowest BCUT2D eigenvalue weighted by atomic mass is 10.3. The van der Waals surface area contributed by atoms with Crippen molar-refractivity contribution in [3.05, 3.63) is 54.0 Å². The first-order valence-electron chi connectivity index (χ1n) is 9.84. The number of pyridine rings is 1. The Balaban J connectivity index is 0.00000240. The summed E-state index contributed by atoms with van der Waals surface area (Å²) in [6.45, 7) is 4.75. The molecule has 4 rings (SSSR count). The molecule has 29 heavy (non-hydrogen) atoms. The van der Waals surface area contributed by atoms with Crippen LogP contribution in [0.25, 0.3) is 0 Å². The summed E-state index contributed by atoms with van der Waals surface area (Å²) in [6, 6.07) is 12.0. The Morgan fingerprint density at radius 2 is 1.97 bits per heavy atom. The number of benzene rings is 1. The number of carbonyl (C=O) groups excluding carboxylic acids is 1. The fourth-order valence-corrected chi connectivity index (χ4v) is 3.68. The molecule has 1 aromatic heterocycles. The monoisotopic (exact) mass is 420 g/mol. The molecule has 0 aliphatic carbocycles. The first-order valence-corrected chi connectivity index (χ1v) is 9.84. The van der Waals surface area contributed by atoms with Crippen molar-refractivity contribution in [3.63, 3.8) is 0 Å². The number of hydrogen-bond donors (Lipinski definition) is 1. The normalized spacial score (nSPS) is 19.4. The standard InChI is InChI=1S/C21H25FN4O2.ClH/c22-17-5-1-2-7-19(17)28-16-9-13-26(15-16)21(27)18-6-3-8-20(24-18)25-12-4-10-23-11-14-25;/h1-3,5-8,16,23H,4,9-15H2;1H/t16-;/m0./s1. The van der Waals surface area contributed by atoms with Gasteiger partial charge in [0.05, 0.1) is 6.54 Å². The number of halogens is 2. The molecule has 0 saturated carbocycles. The second kappa shape index (κ2) is 9.89. The Bertz CT molecular complexity index is 830. The first-order chi connectivity index (χ1) is 13.7. The predicted octanol–water partition coefficient (Wildman–Crippen LogP) is 2.74. The molecule has 8 heteroatoms. The van der Waals surface area contributed by atoms with E-state index in [1.807, 2.05) is 12.1 Å². The van der Waals surface area contributed by atoms with Crippen LogP contribution >= 0.6 is 12.4 Å². The summed E-state index contributed by atoms with van der Waals surface area (Å²) in [5.74, 6) is 0.590. The number of hydrogen-bond acceptors (Lipinski definition) is 5. The number of rotatable bonds is 4. The number of likely N-dealkylation sites (tertiary alicyclic amines) is 1. The minimum absolute atomic E-state index is 0. The number of ether oxygens (including phenoxy) is 1. The van der Waals surface area contributed by atoms with Crippen molar-refractivity contribution in [2.45, 2.75) is 18.9 Å². The Kier molecular flexibility index (Phi) is 7.28. The summed E-state index contributed by atoms with van der Waals surface area (Å²) in [6.07, 6.45) is 1.53. The van der Waals surface area contributed by atoms with E-state index in [0.717, 1.165) is 38.4 Å². The second-order valence-corrected chi connectivity index (χ2v) is 7.18. The smallest absolute Gasteiger partial charge is 0.272 e. The molecule has 2 aliphatic heterocycles. The maximum absolute atomic E-state index is 13.8. The van der Waals surface area contributed by atoms with E-state index in [9.17, 15) is 9.18 Å². The molecule has 2 fully saturated rings. The van der Waals surface area contributed by atoms with Gasteiger partial charge < -0.3 is 19.9 Å². The average Bonchev–Trinajstić information content (AvgIpc) is 3.01. The highest BCUT2D eigenvalue weighted by Crippen LogP contribution is 2.22. The largest absolute Gasteiger partial charge is 0.485 e. The van der Waals surface area contributed by atoms with Crippen molar-refractivity contribution in [3.8, 4) is 5.75 Å². The zero-order valence-corrected chi connectivity index (χ0v) is 17.0. The van der Waals surface area contributed by atoms with E-state index in [1.54, 1.807) is 29.2 Å². The molecular weight excluding hydrogens is 395 g/mol. The fraction of sp³-hybridized carbons (Fsp3) is 0.429. The summed E-state index contributed by atoms with van der Waals surface area (Å²) in [5, 5.41) is 3.37. The lowest BCUT2D eigenvalue weighted by Gasteiger charge is -2.22. The number of nitrogens with one attached hydrogen (secondary N) is 1. The van der Waals surface area contributed by atoms with E-state index in [0.29, 0.717) is 25.2 Å². The van der Waals surface area contributed by atoms with E-state index in [-0.39, 0.29) is 36.0 Å². The van der Waals surface area contributed by atoms with Crippen LogP contribution in [0.1, 0.15) is 23.3 Å². The van der Waals surface area contributed by atoms with Gasteiger partial charge in [-0.3, -0.25) is 4.79 Å². The zero-order chi connectivity index (χ0) is 19.3. The van der Waals surface area contributed by atoms with Crippen LogP contribution in [0.5, 0.6) is 5.75 Å². The van der Waals surface area contributed by atoms with Crippen LogP contribution in [0.4, 0.5) is 10.2 Å². The van der Waals surface area contributed by atoms with Crippen LogP contribution < -0.4 is 15.0 Å². The van der Waals surface area contributed by atoms with Crippen LogP contribution in [0.15, 0.2) is 42.5 Å². The summed E-state index contributed by atoms with van der Waals surface area (Å²) in [5.41, 5.74) is 0.446. The molecular formula is C21H26ClFN4O2. The summed E-state index contributed by atoms with van der Waals surface area (Å²) >= 11 is 0. The van der Waals surface area contributed by atoms with Crippen molar-refractivity contribution >= 4 is 24.1 Å². The van der Waals surface area contributed by atoms with Gasteiger partial charge in [0.2, 0.25) is 0 Å².